The predicted molar refractivity (Wildman–Crippen MR) is 210 cm³/mol. The average Bonchev–Trinajstić information content (AvgIpc) is 3.54. The summed E-state index contributed by atoms with van der Waals surface area (Å²) in [5, 5.41) is 0. The van der Waals surface area contributed by atoms with Gasteiger partial charge < -0.3 is 4.90 Å². The molecule has 236 valence electrons. The van der Waals surface area contributed by atoms with Gasteiger partial charge >= 0.3 is 0 Å². The second-order valence-corrected chi connectivity index (χ2v) is 12.9. The highest BCUT2D eigenvalue weighted by Gasteiger charge is 2.29. The molecule has 8 aromatic rings. The lowest BCUT2D eigenvalue weighted by atomic mass is 9.88. The topological polar surface area (TPSA) is 3.24 Å². The second-order valence-electron chi connectivity index (χ2n) is 12.9. The molecule has 1 aliphatic carbocycles. The molecule has 1 heteroatoms. The summed E-state index contributed by atoms with van der Waals surface area (Å²) in [4.78, 5) is 2.34. The van der Waals surface area contributed by atoms with Gasteiger partial charge in [-0.3, -0.25) is 0 Å². The first-order valence-corrected chi connectivity index (χ1v) is 17.3. The van der Waals surface area contributed by atoms with E-state index in [1.54, 1.807) is 0 Å². The van der Waals surface area contributed by atoms with E-state index in [2.05, 4.69) is 211 Å². The van der Waals surface area contributed by atoms with Crippen molar-refractivity contribution >= 4 is 17.1 Å². The molecule has 0 spiro atoms. The summed E-state index contributed by atoms with van der Waals surface area (Å²) in [7, 11) is 0. The fraction of sp³-hybridized carbons (Fsp3) is 0.0204. The molecule has 0 bridgehead atoms. The molecule has 0 N–H and O–H groups in total. The van der Waals surface area contributed by atoms with Gasteiger partial charge in [0.2, 0.25) is 0 Å². The number of benzene rings is 8. The number of nitrogens with zero attached hydrogens (tertiary/aromatic N) is 1. The van der Waals surface area contributed by atoms with Crippen LogP contribution in [-0.2, 0) is 0 Å². The Hall–Kier alpha value is -6.44. The van der Waals surface area contributed by atoms with Gasteiger partial charge in [-0.2, -0.15) is 0 Å². The summed E-state index contributed by atoms with van der Waals surface area (Å²) in [5.41, 5.74) is 17.4. The quantitative estimate of drug-likeness (QED) is 0.168. The van der Waals surface area contributed by atoms with E-state index in [0.29, 0.717) is 0 Å². The van der Waals surface area contributed by atoms with Crippen LogP contribution in [0.3, 0.4) is 0 Å². The molecule has 0 saturated heterocycles. The van der Waals surface area contributed by atoms with Gasteiger partial charge in [-0.25, -0.2) is 0 Å². The van der Waals surface area contributed by atoms with Crippen LogP contribution >= 0.6 is 0 Å². The van der Waals surface area contributed by atoms with E-state index in [1.165, 1.54) is 61.2 Å². The Bertz CT molecular complexity index is 2250. The SMILES string of the molecule is c1ccc(-c2ccc(N(c3ccc(-c4ccccc4)cc3)c3ccc(-c4ccc(C5c6ccccc6-c6ccccc65)cc4)cc3)cc2)cc1. The molecule has 0 aliphatic heterocycles. The highest BCUT2D eigenvalue weighted by Crippen LogP contribution is 2.48. The van der Waals surface area contributed by atoms with Gasteiger partial charge in [0.1, 0.15) is 0 Å². The molecule has 0 aromatic heterocycles. The molecule has 9 rings (SSSR count). The van der Waals surface area contributed by atoms with E-state index in [0.717, 1.165) is 17.1 Å². The number of hydrogen-bond acceptors (Lipinski definition) is 1. The lowest BCUT2D eigenvalue weighted by molar-refractivity contribution is 1.02. The zero-order valence-corrected chi connectivity index (χ0v) is 27.7. The van der Waals surface area contributed by atoms with Gasteiger partial charge in [-0.1, -0.05) is 170 Å². The zero-order chi connectivity index (χ0) is 33.3. The summed E-state index contributed by atoms with van der Waals surface area (Å²) in [6.45, 7) is 0. The van der Waals surface area contributed by atoms with Crippen LogP contribution in [0.4, 0.5) is 17.1 Å². The predicted octanol–water partition coefficient (Wildman–Crippen LogP) is 13.3. The fourth-order valence-corrected chi connectivity index (χ4v) is 7.50. The van der Waals surface area contributed by atoms with E-state index in [9.17, 15) is 0 Å². The van der Waals surface area contributed by atoms with Crippen LogP contribution in [0, 0.1) is 0 Å². The summed E-state index contributed by atoms with van der Waals surface area (Å²) in [6.07, 6.45) is 0. The van der Waals surface area contributed by atoms with Crippen molar-refractivity contribution in [1.29, 1.82) is 0 Å². The van der Waals surface area contributed by atoms with Gasteiger partial charge in [-0.15, -0.1) is 0 Å². The second kappa shape index (κ2) is 12.9. The number of hydrogen-bond donors (Lipinski definition) is 0. The Morgan fingerprint density at radius 2 is 0.560 bits per heavy atom. The Balaban J connectivity index is 1.03. The molecule has 1 nitrogen and oxygen atoms in total. The van der Waals surface area contributed by atoms with Crippen molar-refractivity contribution in [2.75, 3.05) is 4.90 Å². The van der Waals surface area contributed by atoms with E-state index in [-0.39, 0.29) is 5.92 Å². The first kappa shape index (κ1) is 29.7. The smallest absolute Gasteiger partial charge is 0.0462 e. The molecule has 1 aliphatic rings. The number of rotatable bonds is 7. The standard InChI is InChI=1S/C49H35N/c1-3-11-35(12-4-1)38-23-29-42(30-24-38)50(43-31-25-39(26-32-43)36-13-5-2-6-14-36)44-33-27-40(28-34-44)37-19-21-41(22-20-37)49-47-17-9-7-15-45(47)46-16-8-10-18-48(46)49/h1-34,49H. The molecule has 0 heterocycles. The van der Waals surface area contributed by atoms with Crippen LogP contribution in [0.2, 0.25) is 0 Å². The van der Waals surface area contributed by atoms with Gasteiger partial charge in [0, 0.05) is 23.0 Å². The molecule has 8 aromatic carbocycles. The van der Waals surface area contributed by atoms with Crippen molar-refractivity contribution in [2.45, 2.75) is 5.92 Å². The number of fused-ring (bicyclic) bond motifs is 3. The molecule has 0 saturated carbocycles. The van der Waals surface area contributed by atoms with Crippen LogP contribution < -0.4 is 4.90 Å². The van der Waals surface area contributed by atoms with Crippen molar-refractivity contribution in [1.82, 2.24) is 0 Å². The molecule has 0 fully saturated rings. The molecular weight excluding hydrogens is 603 g/mol. The van der Waals surface area contributed by atoms with E-state index < -0.39 is 0 Å². The third kappa shape index (κ3) is 5.49. The fourth-order valence-electron chi connectivity index (χ4n) is 7.50. The summed E-state index contributed by atoms with van der Waals surface area (Å²) >= 11 is 0. The Morgan fingerprint density at radius 3 is 0.940 bits per heavy atom. The van der Waals surface area contributed by atoms with Gasteiger partial charge in [-0.05, 0) is 97.6 Å². The molecule has 0 amide bonds. The molecule has 50 heavy (non-hydrogen) atoms. The molecule has 0 atom stereocenters. The molecule has 0 radical (unpaired) electrons. The van der Waals surface area contributed by atoms with Crippen LogP contribution in [0.5, 0.6) is 0 Å². The maximum atomic E-state index is 2.34. The lowest BCUT2D eigenvalue weighted by Crippen LogP contribution is -2.09. The highest BCUT2D eigenvalue weighted by atomic mass is 15.1. The van der Waals surface area contributed by atoms with Gasteiger partial charge in [0.15, 0.2) is 0 Å². The largest absolute Gasteiger partial charge is 0.311 e. The number of anilines is 3. The Kier molecular flexibility index (Phi) is 7.64. The summed E-state index contributed by atoms with van der Waals surface area (Å²) in [5.74, 6) is 0.258. The van der Waals surface area contributed by atoms with Crippen LogP contribution in [-0.4, -0.2) is 0 Å². The highest BCUT2D eigenvalue weighted by molar-refractivity contribution is 5.82. The minimum atomic E-state index is 0.258. The van der Waals surface area contributed by atoms with Gasteiger partial charge in [0.25, 0.3) is 0 Å². The van der Waals surface area contributed by atoms with Crippen molar-refractivity contribution in [3.05, 3.63) is 223 Å². The van der Waals surface area contributed by atoms with E-state index in [4.69, 9.17) is 0 Å². The van der Waals surface area contributed by atoms with Gasteiger partial charge in [0.05, 0.1) is 0 Å². The van der Waals surface area contributed by atoms with Crippen molar-refractivity contribution in [3.63, 3.8) is 0 Å². The zero-order valence-electron chi connectivity index (χ0n) is 27.7. The third-order valence-electron chi connectivity index (χ3n) is 10.0. The summed E-state index contributed by atoms with van der Waals surface area (Å²) in [6, 6.07) is 74.7. The average molecular weight is 638 g/mol. The Morgan fingerprint density at radius 1 is 0.260 bits per heavy atom. The first-order chi connectivity index (χ1) is 24.8. The molecule has 0 unspecified atom stereocenters. The third-order valence-corrected chi connectivity index (χ3v) is 10.0. The monoisotopic (exact) mass is 637 g/mol. The minimum absolute atomic E-state index is 0.258. The normalized spacial score (nSPS) is 11.9. The first-order valence-electron chi connectivity index (χ1n) is 17.3. The molecular formula is C49H35N. The van der Waals surface area contributed by atoms with Crippen LogP contribution in [0.1, 0.15) is 22.6 Å². The van der Waals surface area contributed by atoms with Crippen molar-refractivity contribution < 1.29 is 0 Å². The maximum Gasteiger partial charge on any atom is 0.0462 e. The van der Waals surface area contributed by atoms with Crippen molar-refractivity contribution in [3.8, 4) is 44.5 Å². The van der Waals surface area contributed by atoms with E-state index >= 15 is 0 Å². The Labute approximate surface area is 294 Å². The van der Waals surface area contributed by atoms with Crippen LogP contribution in [0.25, 0.3) is 44.5 Å². The minimum Gasteiger partial charge on any atom is -0.311 e. The maximum absolute atomic E-state index is 2.34. The van der Waals surface area contributed by atoms with Crippen LogP contribution in [0.15, 0.2) is 206 Å². The van der Waals surface area contributed by atoms with E-state index in [1.807, 2.05) is 0 Å². The summed E-state index contributed by atoms with van der Waals surface area (Å²) < 4.78 is 0. The van der Waals surface area contributed by atoms with Crippen molar-refractivity contribution in [2.24, 2.45) is 0 Å². The lowest BCUT2D eigenvalue weighted by Gasteiger charge is -2.26.